The van der Waals surface area contributed by atoms with Crippen molar-refractivity contribution in [3.8, 4) is 21.6 Å². The van der Waals surface area contributed by atoms with E-state index in [1.807, 2.05) is 36.4 Å². The Kier molecular flexibility index (Phi) is 4.83. The highest BCUT2D eigenvalue weighted by molar-refractivity contribution is 7.90. The van der Waals surface area contributed by atoms with Gasteiger partial charge in [0.1, 0.15) is 0 Å². The summed E-state index contributed by atoms with van der Waals surface area (Å²) in [6.45, 7) is 0. The molecular weight excluding hydrogens is 412 g/mol. The molecule has 0 aliphatic carbocycles. The van der Waals surface area contributed by atoms with Crippen LogP contribution in [0.5, 0.6) is 0 Å². The molecule has 0 atom stereocenters. The maximum Gasteiger partial charge on any atom is 0.196 e. The van der Waals surface area contributed by atoms with Crippen LogP contribution >= 0.6 is 22.9 Å². The molecule has 3 nitrogen and oxygen atoms in total. The number of sulfone groups is 1. The normalized spacial score (nSPS) is 11.6. The average molecular weight is 427 g/mol. The Morgan fingerprint density at radius 1 is 0.857 bits per heavy atom. The fraction of sp³-hybridized carbons (Fsp3) is 0.0455. The Hall–Kier alpha value is -2.47. The lowest BCUT2D eigenvalue weighted by Crippen LogP contribution is -2.06. The van der Waals surface area contributed by atoms with E-state index in [2.05, 4.69) is 0 Å². The van der Waals surface area contributed by atoms with Gasteiger partial charge in [-0.25, -0.2) is 8.42 Å². The smallest absolute Gasteiger partial charge is 0.196 e. The van der Waals surface area contributed by atoms with Gasteiger partial charge in [-0.3, -0.25) is 4.79 Å². The lowest BCUT2D eigenvalue weighted by atomic mass is 10.0. The van der Waals surface area contributed by atoms with Crippen LogP contribution in [0.25, 0.3) is 31.7 Å². The molecule has 0 fully saturated rings. The third-order valence-electron chi connectivity index (χ3n) is 4.46. The number of fused-ring (bicyclic) bond motifs is 1. The van der Waals surface area contributed by atoms with Crippen LogP contribution in [0.3, 0.4) is 0 Å². The lowest BCUT2D eigenvalue weighted by molar-refractivity contribution is 0.602. The van der Waals surface area contributed by atoms with Gasteiger partial charge in [0.2, 0.25) is 0 Å². The maximum atomic E-state index is 13.3. The van der Waals surface area contributed by atoms with E-state index >= 15 is 0 Å². The molecule has 4 aromatic rings. The van der Waals surface area contributed by atoms with Crippen molar-refractivity contribution in [2.45, 2.75) is 4.90 Å². The van der Waals surface area contributed by atoms with Crippen LogP contribution in [0.15, 0.2) is 82.5 Å². The first kappa shape index (κ1) is 18.9. The molecule has 1 heterocycles. The molecule has 0 radical (unpaired) electrons. The van der Waals surface area contributed by atoms with Gasteiger partial charge in [-0.1, -0.05) is 48.0 Å². The Balaban J connectivity index is 2.04. The summed E-state index contributed by atoms with van der Waals surface area (Å²) in [5.74, 6) is 0. The maximum absolute atomic E-state index is 13.3. The second-order valence-electron chi connectivity index (χ2n) is 6.44. The van der Waals surface area contributed by atoms with Crippen molar-refractivity contribution in [1.82, 2.24) is 0 Å². The summed E-state index contributed by atoms with van der Waals surface area (Å²) >= 11 is 7.67. The lowest BCUT2D eigenvalue weighted by Gasteiger charge is -2.12. The molecule has 3 aromatic carbocycles. The van der Waals surface area contributed by atoms with E-state index < -0.39 is 9.84 Å². The predicted molar refractivity (Wildman–Crippen MR) is 117 cm³/mol. The largest absolute Gasteiger partial charge is 0.288 e. The molecule has 0 N–H and O–H groups in total. The molecule has 6 heteroatoms. The molecule has 28 heavy (non-hydrogen) atoms. The van der Waals surface area contributed by atoms with Crippen molar-refractivity contribution >= 4 is 42.9 Å². The van der Waals surface area contributed by atoms with E-state index in [0.29, 0.717) is 16.0 Å². The Morgan fingerprint density at radius 3 is 2.25 bits per heavy atom. The summed E-state index contributed by atoms with van der Waals surface area (Å²) in [5.41, 5.74) is 2.02. The van der Waals surface area contributed by atoms with Crippen LogP contribution in [0.1, 0.15) is 0 Å². The molecule has 1 aromatic heterocycles. The SMILES string of the molecule is CS(=O)(=O)c1ccc(-c2sc3ccccc3c(=O)c2-c2cccc(Cl)c2)cc1. The minimum absolute atomic E-state index is 0.0705. The highest BCUT2D eigenvalue weighted by Gasteiger charge is 2.17. The summed E-state index contributed by atoms with van der Waals surface area (Å²) in [6.07, 6.45) is 1.17. The number of hydrogen-bond donors (Lipinski definition) is 0. The minimum Gasteiger partial charge on any atom is -0.288 e. The first-order chi connectivity index (χ1) is 13.3. The molecule has 0 unspecified atom stereocenters. The van der Waals surface area contributed by atoms with E-state index in [-0.39, 0.29) is 10.3 Å². The molecule has 0 bridgehead atoms. The fourth-order valence-electron chi connectivity index (χ4n) is 3.10. The van der Waals surface area contributed by atoms with Gasteiger partial charge in [0.15, 0.2) is 15.3 Å². The summed E-state index contributed by atoms with van der Waals surface area (Å²) in [4.78, 5) is 14.4. The van der Waals surface area contributed by atoms with E-state index in [1.54, 1.807) is 36.4 Å². The predicted octanol–water partition coefficient (Wildman–Crippen LogP) is 5.65. The Morgan fingerprint density at radius 2 is 1.57 bits per heavy atom. The number of halogens is 1. The highest BCUT2D eigenvalue weighted by atomic mass is 35.5. The highest BCUT2D eigenvalue weighted by Crippen LogP contribution is 2.37. The van der Waals surface area contributed by atoms with Gasteiger partial charge in [-0.2, -0.15) is 0 Å². The number of hydrogen-bond acceptors (Lipinski definition) is 4. The van der Waals surface area contributed by atoms with Crippen molar-refractivity contribution in [2.75, 3.05) is 6.26 Å². The number of benzene rings is 3. The van der Waals surface area contributed by atoms with Gasteiger partial charge in [-0.15, -0.1) is 11.3 Å². The summed E-state index contributed by atoms with van der Waals surface area (Å²) in [5, 5.41) is 1.20. The molecule has 0 amide bonds. The van der Waals surface area contributed by atoms with Crippen molar-refractivity contribution in [1.29, 1.82) is 0 Å². The van der Waals surface area contributed by atoms with Crippen molar-refractivity contribution in [3.05, 3.63) is 88.0 Å². The third kappa shape index (κ3) is 3.49. The van der Waals surface area contributed by atoms with Crippen molar-refractivity contribution in [2.24, 2.45) is 0 Å². The molecular formula is C22H15ClO3S2. The Bertz CT molecular complexity index is 1350. The molecule has 4 rings (SSSR count). The van der Waals surface area contributed by atoms with Gasteiger partial charge in [0, 0.05) is 31.8 Å². The molecule has 0 saturated heterocycles. The monoisotopic (exact) mass is 426 g/mol. The van der Waals surface area contributed by atoms with Crippen LogP contribution in [0.4, 0.5) is 0 Å². The van der Waals surface area contributed by atoms with E-state index in [9.17, 15) is 13.2 Å². The fourth-order valence-corrected chi connectivity index (χ4v) is 5.13. The molecule has 0 aliphatic heterocycles. The zero-order valence-corrected chi connectivity index (χ0v) is 17.2. The third-order valence-corrected chi connectivity index (χ3v) is 7.04. The summed E-state index contributed by atoms with van der Waals surface area (Å²) < 4.78 is 24.4. The molecule has 0 saturated carbocycles. The summed E-state index contributed by atoms with van der Waals surface area (Å²) in [6, 6.07) is 21.3. The van der Waals surface area contributed by atoms with Gasteiger partial charge in [0.25, 0.3) is 0 Å². The van der Waals surface area contributed by atoms with E-state index in [4.69, 9.17) is 11.6 Å². The second kappa shape index (κ2) is 7.17. The Labute approximate surface area is 171 Å². The second-order valence-corrected chi connectivity index (χ2v) is 9.94. The topological polar surface area (TPSA) is 51.2 Å². The van der Waals surface area contributed by atoms with Crippen LogP contribution in [-0.2, 0) is 9.84 Å². The zero-order valence-electron chi connectivity index (χ0n) is 14.8. The number of rotatable bonds is 3. The molecule has 0 aliphatic rings. The molecule has 140 valence electrons. The summed E-state index contributed by atoms with van der Waals surface area (Å²) in [7, 11) is -3.29. The van der Waals surface area contributed by atoms with Gasteiger partial charge >= 0.3 is 0 Å². The minimum atomic E-state index is -3.29. The van der Waals surface area contributed by atoms with Crippen LogP contribution < -0.4 is 5.43 Å². The van der Waals surface area contributed by atoms with Crippen LogP contribution in [0, 0.1) is 0 Å². The van der Waals surface area contributed by atoms with Gasteiger partial charge in [0.05, 0.1) is 4.90 Å². The van der Waals surface area contributed by atoms with E-state index in [0.717, 1.165) is 20.7 Å². The van der Waals surface area contributed by atoms with Crippen molar-refractivity contribution in [3.63, 3.8) is 0 Å². The standard InChI is InChI=1S/C22H15ClO3S2/c1-28(25,26)17-11-9-14(10-12-17)22-20(15-5-4-6-16(23)13-15)21(24)18-7-2-3-8-19(18)27-22/h2-13H,1H3. The molecule has 0 spiro atoms. The average Bonchev–Trinajstić information content (AvgIpc) is 2.67. The first-order valence-corrected chi connectivity index (χ1v) is 11.6. The van der Waals surface area contributed by atoms with Gasteiger partial charge < -0.3 is 0 Å². The van der Waals surface area contributed by atoms with Crippen LogP contribution in [0.2, 0.25) is 5.02 Å². The quantitative estimate of drug-likeness (QED) is 0.425. The van der Waals surface area contributed by atoms with Crippen LogP contribution in [-0.4, -0.2) is 14.7 Å². The zero-order chi connectivity index (χ0) is 19.9. The van der Waals surface area contributed by atoms with Crippen molar-refractivity contribution < 1.29 is 8.42 Å². The first-order valence-electron chi connectivity index (χ1n) is 8.47. The van der Waals surface area contributed by atoms with Gasteiger partial charge in [-0.05, 0) is 47.5 Å². The van der Waals surface area contributed by atoms with E-state index in [1.165, 1.54) is 17.6 Å².